The van der Waals surface area contributed by atoms with E-state index >= 15 is 0 Å². The van der Waals surface area contributed by atoms with E-state index in [1.807, 2.05) is 18.2 Å². The van der Waals surface area contributed by atoms with E-state index < -0.39 is 0 Å². The lowest BCUT2D eigenvalue weighted by molar-refractivity contribution is -0.140. The number of hydrogen-bond donors (Lipinski definition) is 1. The fourth-order valence-corrected chi connectivity index (χ4v) is 5.84. The Hall–Kier alpha value is -1.06. The molecule has 0 spiro atoms. The van der Waals surface area contributed by atoms with Gasteiger partial charge in [0.2, 0.25) is 0 Å². The van der Waals surface area contributed by atoms with Gasteiger partial charge in [-0.15, -0.1) is 0 Å². The van der Waals surface area contributed by atoms with E-state index in [0.29, 0.717) is 19.3 Å². The third kappa shape index (κ3) is 4.26. The van der Waals surface area contributed by atoms with Crippen LogP contribution in [0.2, 0.25) is 0 Å². The van der Waals surface area contributed by atoms with Crippen molar-refractivity contribution in [3.8, 4) is 5.75 Å². The highest BCUT2D eigenvalue weighted by Crippen LogP contribution is 2.54. The number of aliphatic hydroxyl groups is 1. The third-order valence-electron chi connectivity index (χ3n) is 6.90. The minimum atomic E-state index is -0.328. The van der Waals surface area contributed by atoms with Gasteiger partial charge in [0.15, 0.2) is 0 Å². The predicted molar refractivity (Wildman–Crippen MR) is 103 cm³/mol. The number of benzene rings is 1. The van der Waals surface area contributed by atoms with E-state index in [-0.39, 0.29) is 6.10 Å². The largest absolute Gasteiger partial charge is 0.493 e. The highest BCUT2D eigenvalue weighted by molar-refractivity contribution is 5.31. The summed E-state index contributed by atoms with van der Waals surface area (Å²) in [6, 6.07) is 8.12. The lowest BCUT2D eigenvalue weighted by Crippen LogP contribution is -2.49. The number of para-hydroxylation sites is 1. The van der Waals surface area contributed by atoms with Gasteiger partial charge in [-0.25, -0.2) is 0 Å². The second-order valence-electron chi connectivity index (χ2n) is 8.99. The Morgan fingerprint density at radius 1 is 1.00 bits per heavy atom. The Morgan fingerprint density at radius 3 is 2.38 bits per heavy atom. The normalized spacial score (nSPS) is 33.4. The van der Waals surface area contributed by atoms with Crippen LogP contribution in [-0.4, -0.2) is 30.5 Å². The molecule has 0 amide bonds. The maximum atomic E-state index is 10.3. The predicted octanol–water partition coefficient (Wildman–Crippen LogP) is 4.75. The fraction of sp³-hybridized carbons (Fsp3) is 0.739. The molecule has 4 aliphatic rings. The maximum absolute atomic E-state index is 10.3. The molecule has 1 N–H and O–H groups in total. The fourth-order valence-electron chi connectivity index (χ4n) is 5.84. The van der Waals surface area contributed by atoms with Crippen LogP contribution in [0.25, 0.3) is 0 Å². The van der Waals surface area contributed by atoms with Crippen LogP contribution in [0.4, 0.5) is 0 Å². The molecular formula is C23H34O3. The van der Waals surface area contributed by atoms with Crippen molar-refractivity contribution in [2.75, 3.05) is 13.2 Å². The van der Waals surface area contributed by atoms with Gasteiger partial charge in [-0.2, -0.15) is 0 Å². The van der Waals surface area contributed by atoms with E-state index in [2.05, 4.69) is 13.0 Å². The molecule has 3 heteroatoms. The van der Waals surface area contributed by atoms with Crippen LogP contribution in [0.15, 0.2) is 24.3 Å². The van der Waals surface area contributed by atoms with Crippen LogP contribution in [-0.2, 0) is 4.74 Å². The van der Waals surface area contributed by atoms with Crippen molar-refractivity contribution in [1.82, 2.24) is 0 Å². The smallest absolute Gasteiger partial charge is 0.122 e. The molecule has 4 bridgehead atoms. The Kier molecular flexibility index (Phi) is 5.85. The van der Waals surface area contributed by atoms with Gasteiger partial charge in [0.1, 0.15) is 5.75 Å². The average molecular weight is 359 g/mol. The van der Waals surface area contributed by atoms with E-state index in [9.17, 15) is 5.11 Å². The van der Waals surface area contributed by atoms with Gasteiger partial charge in [-0.3, -0.25) is 0 Å². The van der Waals surface area contributed by atoms with Crippen LogP contribution in [0.1, 0.15) is 56.9 Å². The zero-order valence-electron chi connectivity index (χ0n) is 16.1. The molecule has 26 heavy (non-hydrogen) atoms. The first-order chi connectivity index (χ1) is 12.7. The van der Waals surface area contributed by atoms with Crippen molar-refractivity contribution < 1.29 is 14.6 Å². The van der Waals surface area contributed by atoms with Crippen molar-refractivity contribution >= 4 is 0 Å². The van der Waals surface area contributed by atoms with Crippen LogP contribution in [0.3, 0.4) is 0 Å². The number of ether oxygens (including phenoxy) is 2. The summed E-state index contributed by atoms with van der Waals surface area (Å²) in [5.74, 6) is 4.49. The lowest BCUT2D eigenvalue weighted by atomic mass is 9.55. The molecule has 0 radical (unpaired) electrons. The molecule has 4 aliphatic carbocycles. The Bertz CT molecular complexity index is 557. The highest BCUT2D eigenvalue weighted by Gasteiger charge is 2.48. The Morgan fingerprint density at radius 2 is 1.69 bits per heavy atom. The summed E-state index contributed by atoms with van der Waals surface area (Å²) in [4.78, 5) is 0. The second-order valence-corrected chi connectivity index (χ2v) is 8.99. The monoisotopic (exact) mass is 358 g/mol. The van der Waals surface area contributed by atoms with Gasteiger partial charge in [-0.1, -0.05) is 18.2 Å². The molecule has 4 fully saturated rings. The van der Waals surface area contributed by atoms with Crippen molar-refractivity contribution in [3.05, 3.63) is 29.8 Å². The number of aryl methyl sites for hydroxylation is 1. The first-order valence-corrected chi connectivity index (χ1v) is 10.7. The molecule has 144 valence electrons. The summed E-state index contributed by atoms with van der Waals surface area (Å²) in [7, 11) is 0. The topological polar surface area (TPSA) is 38.7 Å². The van der Waals surface area contributed by atoms with E-state index in [1.165, 1.54) is 37.7 Å². The molecule has 3 nitrogen and oxygen atoms in total. The average Bonchev–Trinajstić information content (AvgIpc) is 2.62. The van der Waals surface area contributed by atoms with Gasteiger partial charge < -0.3 is 14.6 Å². The van der Waals surface area contributed by atoms with E-state index in [0.717, 1.165) is 48.7 Å². The Balaban J connectivity index is 1.11. The molecule has 1 atom stereocenters. The van der Waals surface area contributed by atoms with Crippen LogP contribution in [0, 0.1) is 30.6 Å². The summed E-state index contributed by atoms with van der Waals surface area (Å²) in [6.45, 7) is 3.31. The molecule has 0 aromatic heterocycles. The summed E-state index contributed by atoms with van der Waals surface area (Å²) in [5, 5.41) is 10.3. The zero-order chi connectivity index (χ0) is 17.9. The first-order valence-electron chi connectivity index (χ1n) is 10.7. The number of hydrogen-bond acceptors (Lipinski definition) is 3. The molecule has 5 rings (SSSR count). The minimum Gasteiger partial charge on any atom is -0.493 e. The quantitative estimate of drug-likeness (QED) is 0.648. The highest BCUT2D eigenvalue weighted by atomic mass is 16.5. The summed E-state index contributed by atoms with van der Waals surface area (Å²) in [5.41, 5.74) is 1.18. The van der Waals surface area contributed by atoms with Crippen molar-refractivity contribution in [2.45, 2.75) is 70.5 Å². The Labute approximate surface area is 158 Å². The van der Waals surface area contributed by atoms with Gasteiger partial charge in [-0.05, 0) is 93.6 Å². The summed E-state index contributed by atoms with van der Waals surface area (Å²) in [6.07, 6.45) is 9.87. The SMILES string of the molecule is Cc1ccccc1OCCCCC(O)COC1C2CC3CC(C2)CC1C3. The van der Waals surface area contributed by atoms with E-state index in [1.54, 1.807) is 0 Å². The number of aliphatic hydroxyl groups excluding tert-OH is 1. The molecular weight excluding hydrogens is 324 g/mol. The molecule has 0 aliphatic heterocycles. The lowest BCUT2D eigenvalue weighted by Gasteiger charge is -2.54. The van der Waals surface area contributed by atoms with Crippen LogP contribution < -0.4 is 4.74 Å². The zero-order valence-corrected chi connectivity index (χ0v) is 16.1. The number of unbranched alkanes of at least 4 members (excludes halogenated alkanes) is 1. The van der Waals surface area contributed by atoms with Crippen molar-refractivity contribution in [2.24, 2.45) is 23.7 Å². The van der Waals surface area contributed by atoms with Crippen LogP contribution >= 0.6 is 0 Å². The minimum absolute atomic E-state index is 0.328. The number of rotatable bonds is 9. The molecule has 1 aromatic rings. The summed E-state index contributed by atoms with van der Waals surface area (Å²) < 4.78 is 12.1. The summed E-state index contributed by atoms with van der Waals surface area (Å²) >= 11 is 0. The molecule has 0 heterocycles. The second kappa shape index (κ2) is 8.31. The van der Waals surface area contributed by atoms with E-state index in [4.69, 9.17) is 9.47 Å². The maximum Gasteiger partial charge on any atom is 0.122 e. The molecule has 4 saturated carbocycles. The molecule has 1 aromatic carbocycles. The van der Waals surface area contributed by atoms with Gasteiger partial charge in [0.05, 0.1) is 25.4 Å². The van der Waals surface area contributed by atoms with Gasteiger partial charge in [0, 0.05) is 0 Å². The molecule has 0 saturated heterocycles. The van der Waals surface area contributed by atoms with Gasteiger partial charge >= 0.3 is 0 Å². The van der Waals surface area contributed by atoms with Crippen LogP contribution in [0.5, 0.6) is 5.75 Å². The molecule has 1 unspecified atom stereocenters. The van der Waals surface area contributed by atoms with Crippen molar-refractivity contribution in [1.29, 1.82) is 0 Å². The third-order valence-corrected chi connectivity index (χ3v) is 6.90. The van der Waals surface area contributed by atoms with Crippen molar-refractivity contribution in [3.63, 3.8) is 0 Å². The first kappa shape index (κ1) is 18.3. The standard InChI is InChI=1S/C23H34O3/c1-16-6-2-3-8-22(16)25-9-5-4-7-21(24)15-26-23-19-11-17-10-18(13-19)14-20(23)12-17/h2-3,6,8,17-21,23-24H,4-5,7,9-15H2,1H3. The van der Waals surface area contributed by atoms with Gasteiger partial charge in [0.25, 0.3) is 0 Å².